The lowest BCUT2D eigenvalue weighted by Gasteiger charge is -2.32. The van der Waals surface area contributed by atoms with Gasteiger partial charge in [-0.3, -0.25) is 0 Å². The first-order valence-electron chi connectivity index (χ1n) is 7.98. The van der Waals surface area contributed by atoms with Gasteiger partial charge in [0, 0.05) is 43.0 Å². The maximum atomic E-state index is 6.17. The third-order valence-corrected chi connectivity index (χ3v) is 4.35. The van der Waals surface area contributed by atoms with Crippen molar-refractivity contribution in [1.29, 1.82) is 0 Å². The number of fused-ring (bicyclic) bond motifs is 2. The molecule has 4 heteroatoms. The van der Waals surface area contributed by atoms with Crippen molar-refractivity contribution < 1.29 is 9.47 Å². The zero-order chi connectivity index (χ0) is 15.6. The number of rotatable bonds is 2. The summed E-state index contributed by atoms with van der Waals surface area (Å²) in [7, 11) is 1.70. The molecule has 0 aromatic heterocycles. The second-order valence-electron chi connectivity index (χ2n) is 5.77. The monoisotopic (exact) mass is 308 g/mol. The molecule has 0 aliphatic carbocycles. The van der Waals surface area contributed by atoms with E-state index in [0.717, 1.165) is 54.6 Å². The fourth-order valence-corrected chi connectivity index (χ4v) is 3.13. The Morgan fingerprint density at radius 1 is 1.04 bits per heavy atom. The number of hydrogen-bond acceptors (Lipinski definition) is 4. The highest BCUT2D eigenvalue weighted by molar-refractivity contribution is 5.86. The minimum Gasteiger partial charge on any atom is -0.497 e. The van der Waals surface area contributed by atoms with E-state index in [4.69, 9.17) is 9.47 Å². The van der Waals surface area contributed by atoms with Gasteiger partial charge in [0.1, 0.15) is 17.2 Å². The molecule has 2 aliphatic rings. The summed E-state index contributed by atoms with van der Waals surface area (Å²) in [5.41, 5.74) is 3.39. The summed E-state index contributed by atoms with van der Waals surface area (Å²) >= 11 is 0. The molecule has 2 aromatic rings. The largest absolute Gasteiger partial charge is 0.497 e. The summed E-state index contributed by atoms with van der Waals surface area (Å²) in [6.07, 6.45) is 2.23. The zero-order valence-electron chi connectivity index (χ0n) is 13.2. The number of para-hydroxylation sites is 1. The summed E-state index contributed by atoms with van der Waals surface area (Å²) in [6, 6.07) is 14.2. The van der Waals surface area contributed by atoms with E-state index in [1.54, 1.807) is 7.11 Å². The van der Waals surface area contributed by atoms with Crippen LogP contribution in [0.1, 0.15) is 11.1 Å². The van der Waals surface area contributed by atoms with Gasteiger partial charge in [-0.25, -0.2) is 0 Å². The van der Waals surface area contributed by atoms with Crippen molar-refractivity contribution in [3.8, 4) is 17.2 Å². The van der Waals surface area contributed by atoms with Crippen molar-refractivity contribution in [2.24, 2.45) is 0 Å². The molecule has 2 aromatic carbocycles. The molecule has 0 spiro atoms. The van der Waals surface area contributed by atoms with Gasteiger partial charge in [0.15, 0.2) is 0 Å². The van der Waals surface area contributed by atoms with E-state index in [1.165, 1.54) is 5.70 Å². The summed E-state index contributed by atoms with van der Waals surface area (Å²) in [5.74, 6) is 2.61. The summed E-state index contributed by atoms with van der Waals surface area (Å²) < 4.78 is 11.6. The number of nitrogens with one attached hydrogen (secondary N) is 1. The van der Waals surface area contributed by atoms with Gasteiger partial charge in [-0.05, 0) is 30.3 Å². The summed E-state index contributed by atoms with van der Waals surface area (Å²) in [5, 5.41) is 3.41. The van der Waals surface area contributed by atoms with E-state index in [1.807, 2.05) is 30.3 Å². The molecule has 4 rings (SSSR count). The average molecular weight is 308 g/mol. The molecule has 2 heterocycles. The normalized spacial score (nSPS) is 16.6. The quantitative estimate of drug-likeness (QED) is 0.924. The van der Waals surface area contributed by atoms with Crippen molar-refractivity contribution in [3.63, 3.8) is 0 Å². The van der Waals surface area contributed by atoms with Gasteiger partial charge >= 0.3 is 0 Å². The Hall–Kier alpha value is -2.46. The van der Waals surface area contributed by atoms with Crippen molar-refractivity contribution in [2.75, 3.05) is 33.3 Å². The van der Waals surface area contributed by atoms with Gasteiger partial charge in [0.05, 0.1) is 7.11 Å². The molecule has 1 saturated heterocycles. The molecule has 0 saturated carbocycles. The summed E-state index contributed by atoms with van der Waals surface area (Å²) in [4.78, 5) is 2.42. The zero-order valence-corrected chi connectivity index (χ0v) is 13.2. The Morgan fingerprint density at radius 3 is 2.70 bits per heavy atom. The van der Waals surface area contributed by atoms with Crippen molar-refractivity contribution in [2.45, 2.75) is 0 Å². The Morgan fingerprint density at radius 2 is 1.87 bits per heavy atom. The third kappa shape index (κ3) is 2.66. The fourth-order valence-electron chi connectivity index (χ4n) is 3.13. The standard InChI is InChI=1S/C19H20N2O2/c1-22-15-6-7-19-16(13-15)17(21-10-8-20-9-11-21)12-14-4-2-3-5-18(14)23-19/h2-7,12-13,20H,8-11H2,1H3. The highest BCUT2D eigenvalue weighted by atomic mass is 16.5. The van der Waals surface area contributed by atoms with E-state index in [9.17, 15) is 0 Å². The predicted molar refractivity (Wildman–Crippen MR) is 91.8 cm³/mol. The fraction of sp³-hybridized carbons (Fsp3) is 0.263. The first kappa shape index (κ1) is 14.2. The molecule has 118 valence electrons. The number of piperazine rings is 1. The molecule has 2 aliphatic heterocycles. The minimum atomic E-state index is 0.847. The van der Waals surface area contributed by atoms with E-state index in [0.29, 0.717) is 0 Å². The van der Waals surface area contributed by atoms with Crippen LogP contribution in [-0.4, -0.2) is 38.2 Å². The molecule has 0 bridgehead atoms. The molecule has 1 fully saturated rings. The van der Waals surface area contributed by atoms with Crippen LogP contribution in [0.2, 0.25) is 0 Å². The smallest absolute Gasteiger partial charge is 0.137 e. The summed E-state index contributed by atoms with van der Waals surface area (Å²) in [6.45, 7) is 3.98. The lowest BCUT2D eigenvalue weighted by Crippen LogP contribution is -2.42. The highest BCUT2D eigenvalue weighted by Gasteiger charge is 2.22. The molecular formula is C19H20N2O2. The van der Waals surface area contributed by atoms with Crippen LogP contribution in [0.25, 0.3) is 11.8 Å². The third-order valence-electron chi connectivity index (χ3n) is 4.35. The number of nitrogens with zero attached hydrogens (tertiary/aromatic N) is 1. The average Bonchev–Trinajstić information content (AvgIpc) is 2.78. The first-order chi connectivity index (χ1) is 11.3. The van der Waals surface area contributed by atoms with Crippen LogP contribution in [0.3, 0.4) is 0 Å². The van der Waals surface area contributed by atoms with Gasteiger partial charge in [0.25, 0.3) is 0 Å². The van der Waals surface area contributed by atoms with Crippen LogP contribution in [0, 0.1) is 0 Å². The van der Waals surface area contributed by atoms with Crippen LogP contribution in [0.4, 0.5) is 0 Å². The van der Waals surface area contributed by atoms with Crippen LogP contribution >= 0.6 is 0 Å². The van der Waals surface area contributed by atoms with Gasteiger partial charge in [-0.1, -0.05) is 18.2 Å². The van der Waals surface area contributed by atoms with E-state index in [-0.39, 0.29) is 0 Å². The molecule has 4 nitrogen and oxygen atoms in total. The van der Waals surface area contributed by atoms with Crippen LogP contribution in [-0.2, 0) is 0 Å². The molecular weight excluding hydrogens is 288 g/mol. The van der Waals surface area contributed by atoms with Crippen LogP contribution in [0.15, 0.2) is 42.5 Å². The van der Waals surface area contributed by atoms with E-state index in [2.05, 4.69) is 28.4 Å². The Kier molecular flexibility index (Phi) is 3.67. The van der Waals surface area contributed by atoms with E-state index >= 15 is 0 Å². The maximum Gasteiger partial charge on any atom is 0.137 e. The second-order valence-corrected chi connectivity index (χ2v) is 5.77. The molecule has 1 N–H and O–H groups in total. The molecule has 0 unspecified atom stereocenters. The topological polar surface area (TPSA) is 33.7 Å². The van der Waals surface area contributed by atoms with E-state index < -0.39 is 0 Å². The van der Waals surface area contributed by atoms with Crippen LogP contribution < -0.4 is 14.8 Å². The second kappa shape index (κ2) is 5.97. The van der Waals surface area contributed by atoms with Gasteiger partial charge in [-0.2, -0.15) is 0 Å². The Balaban J connectivity index is 1.87. The molecule has 0 radical (unpaired) electrons. The van der Waals surface area contributed by atoms with Crippen molar-refractivity contribution in [1.82, 2.24) is 10.2 Å². The highest BCUT2D eigenvalue weighted by Crippen LogP contribution is 2.40. The predicted octanol–water partition coefficient (Wildman–Crippen LogP) is 3.20. The number of ether oxygens (including phenoxy) is 2. The van der Waals surface area contributed by atoms with Crippen molar-refractivity contribution >= 4 is 11.8 Å². The Labute approximate surface area is 136 Å². The number of methoxy groups -OCH3 is 1. The lowest BCUT2D eigenvalue weighted by molar-refractivity contribution is 0.341. The maximum absolute atomic E-state index is 6.17. The van der Waals surface area contributed by atoms with Crippen molar-refractivity contribution in [3.05, 3.63) is 53.6 Å². The van der Waals surface area contributed by atoms with Gasteiger partial charge < -0.3 is 19.7 Å². The van der Waals surface area contributed by atoms with Crippen LogP contribution in [0.5, 0.6) is 17.2 Å². The number of hydrogen-bond donors (Lipinski definition) is 1. The minimum absolute atomic E-state index is 0.847. The Bertz CT molecular complexity index is 749. The van der Waals surface area contributed by atoms with Gasteiger partial charge in [-0.15, -0.1) is 0 Å². The first-order valence-corrected chi connectivity index (χ1v) is 7.98. The lowest BCUT2D eigenvalue weighted by atomic mass is 10.1. The number of benzene rings is 2. The SMILES string of the molecule is COc1ccc2c(c1)C(N1CCNCC1)=Cc1ccccc1O2. The molecule has 0 atom stereocenters. The molecule has 0 amide bonds. The van der Waals surface area contributed by atoms with Gasteiger partial charge in [0.2, 0.25) is 0 Å². The molecule has 23 heavy (non-hydrogen) atoms.